The Morgan fingerprint density at radius 1 is 1.50 bits per heavy atom. The summed E-state index contributed by atoms with van der Waals surface area (Å²) < 4.78 is 5.00. The molecule has 18 heavy (non-hydrogen) atoms. The number of thiazole rings is 1. The van der Waals surface area contributed by atoms with Gasteiger partial charge in [-0.05, 0) is 31.6 Å². The SMILES string of the molecule is NC(=O)OC1CCC(Cc2ncc(CO)s2)CC1. The third-order valence-electron chi connectivity index (χ3n) is 3.30. The Labute approximate surface area is 110 Å². The number of ether oxygens (including phenoxy) is 1. The van der Waals surface area contributed by atoms with Crippen LogP contribution in [0.25, 0.3) is 0 Å². The predicted octanol–water partition coefficient (Wildman–Crippen LogP) is 1.83. The van der Waals surface area contributed by atoms with Crippen molar-refractivity contribution in [3.05, 3.63) is 16.1 Å². The van der Waals surface area contributed by atoms with Gasteiger partial charge in [0.05, 0.1) is 16.5 Å². The number of nitrogens with two attached hydrogens (primary N) is 1. The number of hydrogen-bond donors (Lipinski definition) is 2. The van der Waals surface area contributed by atoms with Crippen LogP contribution >= 0.6 is 11.3 Å². The summed E-state index contributed by atoms with van der Waals surface area (Å²) in [5, 5.41) is 10.1. The van der Waals surface area contributed by atoms with Gasteiger partial charge >= 0.3 is 6.09 Å². The highest BCUT2D eigenvalue weighted by Crippen LogP contribution is 2.30. The second-order valence-electron chi connectivity index (χ2n) is 4.66. The summed E-state index contributed by atoms with van der Waals surface area (Å²) in [6.07, 6.45) is 5.83. The quantitative estimate of drug-likeness (QED) is 0.874. The fourth-order valence-electron chi connectivity index (χ4n) is 2.38. The number of aliphatic hydroxyl groups excluding tert-OH is 1. The zero-order valence-corrected chi connectivity index (χ0v) is 11.0. The molecule has 1 aromatic heterocycles. The molecule has 1 aliphatic rings. The zero-order valence-electron chi connectivity index (χ0n) is 10.2. The van der Waals surface area contributed by atoms with E-state index in [9.17, 15) is 4.79 Å². The van der Waals surface area contributed by atoms with E-state index in [0.29, 0.717) is 5.92 Å². The molecule has 0 bridgehead atoms. The average molecular weight is 270 g/mol. The lowest BCUT2D eigenvalue weighted by Crippen LogP contribution is -2.27. The molecule has 1 heterocycles. The molecule has 5 nitrogen and oxygen atoms in total. The molecule has 1 aromatic rings. The van der Waals surface area contributed by atoms with Crippen molar-refractivity contribution in [3.63, 3.8) is 0 Å². The highest BCUT2D eigenvalue weighted by molar-refractivity contribution is 7.11. The molecule has 0 saturated heterocycles. The summed E-state index contributed by atoms with van der Waals surface area (Å²) in [7, 11) is 0. The van der Waals surface area contributed by atoms with Crippen LogP contribution in [0.3, 0.4) is 0 Å². The first kappa shape index (κ1) is 13.3. The number of aromatic nitrogens is 1. The Morgan fingerprint density at radius 2 is 2.22 bits per heavy atom. The number of amides is 1. The first-order valence-corrected chi connectivity index (χ1v) is 6.99. The first-order chi connectivity index (χ1) is 8.67. The van der Waals surface area contributed by atoms with E-state index >= 15 is 0 Å². The normalized spacial score (nSPS) is 23.8. The fraction of sp³-hybridized carbons (Fsp3) is 0.667. The minimum absolute atomic E-state index is 0.0111. The number of hydrogen-bond acceptors (Lipinski definition) is 5. The van der Waals surface area contributed by atoms with Crippen LogP contribution in [-0.4, -0.2) is 22.3 Å². The highest BCUT2D eigenvalue weighted by atomic mass is 32.1. The zero-order chi connectivity index (χ0) is 13.0. The van der Waals surface area contributed by atoms with E-state index in [1.54, 1.807) is 17.5 Å². The third-order valence-corrected chi connectivity index (χ3v) is 4.30. The molecule has 1 saturated carbocycles. The van der Waals surface area contributed by atoms with Crippen molar-refractivity contribution in [2.75, 3.05) is 0 Å². The molecule has 100 valence electrons. The molecule has 0 aliphatic heterocycles. The second-order valence-corrected chi connectivity index (χ2v) is 5.86. The van der Waals surface area contributed by atoms with E-state index < -0.39 is 6.09 Å². The van der Waals surface area contributed by atoms with Crippen LogP contribution in [0.1, 0.15) is 35.6 Å². The van der Waals surface area contributed by atoms with Gasteiger partial charge in [-0.1, -0.05) is 0 Å². The fourth-order valence-corrected chi connectivity index (χ4v) is 3.28. The Morgan fingerprint density at radius 3 is 2.78 bits per heavy atom. The topological polar surface area (TPSA) is 85.4 Å². The van der Waals surface area contributed by atoms with E-state index in [-0.39, 0.29) is 12.7 Å². The maximum atomic E-state index is 10.6. The Balaban J connectivity index is 1.78. The number of rotatable bonds is 4. The van der Waals surface area contributed by atoms with E-state index in [1.165, 1.54) is 0 Å². The molecular formula is C12H18N2O3S. The second kappa shape index (κ2) is 6.15. The minimum atomic E-state index is -0.675. The van der Waals surface area contributed by atoms with Crippen molar-refractivity contribution in [2.24, 2.45) is 11.7 Å². The van der Waals surface area contributed by atoms with Gasteiger partial charge in [-0.25, -0.2) is 9.78 Å². The van der Waals surface area contributed by atoms with Gasteiger partial charge < -0.3 is 15.6 Å². The van der Waals surface area contributed by atoms with Gasteiger partial charge in [0, 0.05) is 12.6 Å². The molecule has 6 heteroatoms. The van der Waals surface area contributed by atoms with Gasteiger partial charge in [-0.2, -0.15) is 0 Å². The van der Waals surface area contributed by atoms with Crippen LogP contribution in [0.4, 0.5) is 4.79 Å². The standard InChI is InChI=1S/C12H18N2O3S/c13-12(16)17-9-3-1-8(2-4-9)5-11-14-6-10(7-15)18-11/h6,8-9,15H,1-5,7H2,(H2,13,16). The first-order valence-electron chi connectivity index (χ1n) is 6.18. The summed E-state index contributed by atoms with van der Waals surface area (Å²) in [5.41, 5.74) is 5.01. The number of carbonyl (C=O) groups excluding carboxylic acids is 1. The van der Waals surface area contributed by atoms with Crippen molar-refractivity contribution in [1.82, 2.24) is 4.98 Å². The summed E-state index contributed by atoms with van der Waals surface area (Å²) >= 11 is 1.57. The van der Waals surface area contributed by atoms with Gasteiger partial charge in [0.25, 0.3) is 0 Å². The van der Waals surface area contributed by atoms with Crippen LogP contribution < -0.4 is 5.73 Å². The Bertz CT molecular complexity index is 400. The van der Waals surface area contributed by atoms with Crippen molar-refractivity contribution in [3.8, 4) is 0 Å². The Kier molecular flexibility index (Phi) is 4.54. The molecule has 0 radical (unpaired) electrons. The lowest BCUT2D eigenvalue weighted by molar-refractivity contribution is 0.0710. The molecule has 1 amide bonds. The van der Waals surface area contributed by atoms with E-state index in [1.807, 2.05) is 0 Å². The van der Waals surface area contributed by atoms with E-state index in [4.69, 9.17) is 15.6 Å². The lowest BCUT2D eigenvalue weighted by atomic mass is 9.85. The van der Waals surface area contributed by atoms with Crippen molar-refractivity contribution in [2.45, 2.75) is 44.8 Å². The summed E-state index contributed by atoms with van der Waals surface area (Å²) in [6, 6.07) is 0. The van der Waals surface area contributed by atoms with Gasteiger partial charge in [0.1, 0.15) is 6.10 Å². The average Bonchev–Trinajstić information content (AvgIpc) is 2.79. The summed E-state index contributed by atoms with van der Waals surface area (Å²) in [5.74, 6) is 0.593. The number of aliphatic hydroxyl groups is 1. The van der Waals surface area contributed by atoms with Crippen LogP contribution in [0, 0.1) is 5.92 Å². The van der Waals surface area contributed by atoms with E-state index in [0.717, 1.165) is 42.0 Å². The third kappa shape index (κ3) is 3.68. The molecule has 2 rings (SSSR count). The monoisotopic (exact) mass is 270 g/mol. The maximum Gasteiger partial charge on any atom is 0.404 e. The van der Waals surface area contributed by atoms with Crippen LogP contribution in [0.5, 0.6) is 0 Å². The van der Waals surface area contributed by atoms with Crippen LogP contribution in [0.15, 0.2) is 6.20 Å². The highest BCUT2D eigenvalue weighted by Gasteiger charge is 2.24. The minimum Gasteiger partial charge on any atom is -0.446 e. The molecule has 0 atom stereocenters. The van der Waals surface area contributed by atoms with E-state index in [2.05, 4.69) is 4.98 Å². The molecule has 3 N–H and O–H groups in total. The van der Waals surface area contributed by atoms with Crippen molar-refractivity contribution < 1.29 is 14.6 Å². The van der Waals surface area contributed by atoms with Crippen molar-refractivity contribution >= 4 is 17.4 Å². The largest absolute Gasteiger partial charge is 0.446 e. The van der Waals surface area contributed by atoms with Gasteiger partial charge in [-0.15, -0.1) is 11.3 Å². The molecule has 0 aromatic carbocycles. The number of nitrogens with zero attached hydrogens (tertiary/aromatic N) is 1. The summed E-state index contributed by atoms with van der Waals surface area (Å²) in [4.78, 5) is 15.9. The number of carbonyl (C=O) groups is 1. The van der Waals surface area contributed by atoms with Crippen molar-refractivity contribution in [1.29, 1.82) is 0 Å². The molecule has 1 fully saturated rings. The molecule has 0 unspecified atom stereocenters. The smallest absolute Gasteiger partial charge is 0.404 e. The molecular weight excluding hydrogens is 252 g/mol. The van der Waals surface area contributed by atoms with Gasteiger partial charge in [0.2, 0.25) is 0 Å². The summed E-state index contributed by atoms with van der Waals surface area (Å²) in [6.45, 7) is 0.0663. The predicted molar refractivity (Wildman–Crippen MR) is 68.2 cm³/mol. The maximum absolute atomic E-state index is 10.6. The number of primary amides is 1. The van der Waals surface area contributed by atoms with Gasteiger partial charge in [-0.3, -0.25) is 0 Å². The molecule has 1 aliphatic carbocycles. The van der Waals surface area contributed by atoms with Crippen LogP contribution in [-0.2, 0) is 17.8 Å². The van der Waals surface area contributed by atoms with Crippen LogP contribution in [0.2, 0.25) is 0 Å². The molecule has 0 spiro atoms. The van der Waals surface area contributed by atoms with Gasteiger partial charge in [0.15, 0.2) is 0 Å². The Hall–Kier alpha value is -1.14. The lowest BCUT2D eigenvalue weighted by Gasteiger charge is -2.27.